The summed E-state index contributed by atoms with van der Waals surface area (Å²) in [6.07, 6.45) is 0. The summed E-state index contributed by atoms with van der Waals surface area (Å²) in [7, 11) is 0. The van der Waals surface area contributed by atoms with Crippen molar-refractivity contribution in [1.29, 1.82) is 0 Å². The first-order valence-electron chi connectivity index (χ1n) is 3.24. The topological polar surface area (TPSA) is 132 Å². The molecular weight excluding hydrogens is 565 g/mol. The van der Waals surface area contributed by atoms with Crippen molar-refractivity contribution in [2.45, 2.75) is 0 Å². The third kappa shape index (κ3) is 3.76. The maximum Gasteiger partial charge on any atom is -0.412 e. The smallest absolute Gasteiger partial charge is 0.412 e. The van der Waals surface area contributed by atoms with Crippen molar-refractivity contribution in [3.05, 3.63) is 22.2 Å². The number of hydrogen-bond acceptors (Lipinski definition) is 3. The molecule has 1 aromatic carbocycles. The van der Waals surface area contributed by atoms with E-state index in [2.05, 4.69) is 0 Å². The van der Waals surface area contributed by atoms with Crippen LogP contribution in [0.1, 0.15) is 0 Å². The van der Waals surface area contributed by atoms with Crippen LogP contribution in [0.25, 0.3) is 0 Å². The van der Waals surface area contributed by atoms with Crippen LogP contribution in [0.5, 0.6) is 0 Å². The van der Waals surface area contributed by atoms with Crippen molar-refractivity contribution in [2.75, 3.05) is 5.73 Å². The molecule has 8 heteroatoms. The van der Waals surface area contributed by atoms with Gasteiger partial charge in [0.05, 0.1) is 0 Å². The van der Waals surface area contributed by atoms with E-state index in [0.717, 1.165) is 11.8 Å². The Balaban J connectivity index is 0. The van der Waals surface area contributed by atoms with Crippen LogP contribution in [-0.4, -0.2) is 15.9 Å². The minimum atomic E-state index is -0.355. The van der Waals surface area contributed by atoms with Gasteiger partial charge in [0, 0.05) is 0 Å². The molecule has 6 nitrogen and oxygen atoms in total. The van der Waals surface area contributed by atoms with E-state index in [4.69, 9.17) is 5.73 Å². The van der Waals surface area contributed by atoms with Gasteiger partial charge in [-0.05, 0) is 0 Å². The van der Waals surface area contributed by atoms with Crippen LogP contribution in [-0.2, 0) is 52.2 Å². The van der Waals surface area contributed by atoms with E-state index in [-0.39, 0.29) is 21.6 Å². The van der Waals surface area contributed by atoms with E-state index in [1.165, 1.54) is 0 Å². The van der Waals surface area contributed by atoms with Crippen LogP contribution in [0.15, 0.2) is 12.1 Å². The van der Waals surface area contributed by atoms with Crippen LogP contribution in [0.3, 0.4) is 0 Å². The zero-order chi connectivity index (χ0) is 9.30. The third-order valence-corrected chi connectivity index (χ3v) is 6.10. The Morgan fingerprint density at radius 2 is 1.57 bits per heavy atom. The van der Waals surface area contributed by atoms with Crippen molar-refractivity contribution in [3.8, 4) is 0 Å². The summed E-state index contributed by atoms with van der Waals surface area (Å²) in [5, 5.41) is 10.4. The van der Waals surface area contributed by atoms with Crippen molar-refractivity contribution < 1.29 is 68.1 Å². The quantitative estimate of drug-likeness (QED) is 0.178. The van der Waals surface area contributed by atoms with Crippen LogP contribution < -0.4 is 11.9 Å². The molecule has 6 N–H and O–H groups in total. The summed E-state index contributed by atoms with van der Waals surface area (Å²) in [4.78, 5) is 10.1. The Kier molecular flexibility index (Phi) is 7.90. The number of anilines is 1. The molecule has 0 aliphatic rings. The van der Waals surface area contributed by atoms with Crippen LogP contribution in [0.4, 0.5) is 11.4 Å². The summed E-state index contributed by atoms with van der Waals surface area (Å²) < 4.78 is 1.99. The van der Waals surface area contributed by atoms with Gasteiger partial charge in [-0.15, -0.1) is 0 Å². The van der Waals surface area contributed by atoms with Crippen LogP contribution >= 0.6 is 0 Å². The Hall–Kier alpha value is 0.210. The molecule has 0 heterocycles. The standard InChI is InChI=1S/C6H4N2O2.2Hg.2H2O/c7-5-1-3-6(4-2-5)8(9)10;;;;/h3-4H,7H2;;;2*1H2. The summed E-state index contributed by atoms with van der Waals surface area (Å²) in [5.74, 6) is 0. The molecule has 0 bridgehead atoms. The molecule has 70 valence electrons. The van der Waals surface area contributed by atoms with Gasteiger partial charge >= 0.3 is 103 Å². The van der Waals surface area contributed by atoms with Gasteiger partial charge in [-0.2, -0.15) is 0 Å². The Morgan fingerprint density at radius 3 is 1.86 bits per heavy atom. The molecule has 0 fully saturated rings. The summed E-state index contributed by atoms with van der Waals surface area (Å²) >= 11 is 0.726. The maximum absolute atomic E-state index is 10.4. The molecule has 0 saturated heterocycles. The number of rotatable bonds is 1. The van der Waals surface area contributed by atoms with E-state index in [1.807, 2.05) is 0 Å². The molecule has 0 spiro atoms. The first-order chi connectivity index (χ1) is 5.52. The van der Waals surface area contributed by atoms with E-state index >= 15 is 0 Å². The molecule has 0 unspecified atom stereocenters. The molecule has 0 radical (unpaired) electrons. The first kappa shape index (κ1) is 16.6. The number of benzene rings is 1. The summed E-state index contributed by atoms with van der Waals surface area (Å²) in [6, 6.07) is 3.18. The summed E-state index contributed by atoms with van der Waals surface area (Å²) in [6.45, 7) is 0. The molecule has 0 saturated carbocycles. The minimum Gasteiger partial charge on any atom is -0.412 e. The van der Waals surface area contributed by atoms with Gasteiger partial charge in [-0.1, -0.05) is 0 Å². The predicted octanol–water partition coefficient (Wildman–Crippen LogP) is -2.13. The van der Waals surface area contributed by atoms with E-state index < -0.39 is 0 Å². The van der Waals surface area contributed by atoms with E-state index in [9.17, 15) is 10.1 Å². The molecular formula is C6H8Hg2N2O4. The van der Waals surface area contributed by atoms with Crippen molar-refractivity contribution in [3.63, 3.8) is 0 Å². The molecule has 1 aromatic rings. The molecule has 0 aliphatic heterocycles. The zero-order valence-electron chi connectivity index (χ0n) is 7.41. The van der Waals surface area contributed by atoms with Crippen LogP contribution in [0, 0.1) is 10.1 Å². The second-order valence-corrected chi connectivity index (χ2v) is 8.36. The number of nitro benzene ring substituents is 1. The Bertz CT molecular complexity index is 322. The van der Waals surface area contributed by atoms with E-state index in [0.29, 0.717) is 52.2 Å². The van der Waals surface area contributed by atoms with Gasteiger partial charge in [-0.25, -0.2) is 0 Å². The second-order valence-electron chi connectivity index (χ2n) is 2.43. The van der Waals surface area contributed by atoms with Crippen molar-refractivity contribution in [1.82, 2.24) is 0 Å². The number of nitrogens with zero attached hydrogens (tertiary/aromatic N) is 1. The fourth-order valence-electron chi connectivity index (χ4n) is 0.866. The SMILES string of the molecule is Nc1[c]([Hg])cc([N+](=O)[O-])c[c]1[Hg].O.O. The van der Waals surface area contributed by atoms with Crippen molar-refractivity contribution in [2.24, 2.45) is 0 Å². The average molecular weight is 573 g/mol. The van der Waals surface area contributed by atoms with Gasteiger partial charge in [0.2, 0.25) is 0 Å². The molecule has 14 heavy (non-hydrogen) atoms. The number of nitrogens with two attached hydrogens (primary N) is 1. The van der Waals surface area contributed by atoms with Crippen LogP contribution in [0.2, 0.25) is 0 Å². The van der Waals surface area contributed by atoms with Gasteiger partial charge in [0.1, 0.15) is 0 Å². The van der Waals surface area contributed by atoms with Gasteiger partial charge in [-0.3, -0.25) is 0 Å². The first-order valence-corrected chi connectivity index (χ1v) is 8.74. The van der Waals surface area contributed by atoms with Gasteiger partial charge in [0.25, 0.3) is 0 Å². The molecule has 1 rings (SSSR count). The molecule has 0 aromatic heterocycles. The fourth-order valence-corrected chi connectivity index (χ4v) is 8.04. The fraction of sp³-hybridized carbons (Fsp3) is 0. The van der Waals surface area contributed by atoms with Crippen molar-refractivity contribution >= 4 is 17.5 Å². The van der Waals surface area contributed by atoms with Gasteiger partial charge in [0.15, 0.2) is 0 Å². The summed E-state index contributed by atoms with van der Waals surface area (Å²) in [5.41, 5.74) is 6.72. The maximum atomic E-state index is 10.4. The van der Waals surface area contributed by atoms with E-state index in [1.54, 1.807) is 12.1 Å². The number of nitrogen functional groups attached to an aromatic ring is 1. The zero-order valence-corrected chi connectivity index (χ0v) is 18.4. The Morgan fingerprint density at radius 1 is 1.21 bits per heavy atom. The number of nitro groups is 1. The number of non-ortho nitro benzene ring substituents is 1. The molecule has 0 amide bonds. The minimum absolute atomic E-state index is 0. The largest absolute Gasteiger partial charge is 0.412 e. The Labute approximate surface area is 113 Å². The third-order valence-electron chi connectivity index (χ3n) is 1.55. The average Bonchev–Trinajstić information content (AvgIpc) is 1.99. The molecule has 0 atom stereocenters. The monoisotopic (exact) mass is 576 g/mol. The normalized spacial score (nSPS) is 8.57. The second kappa shape index (κ2) is 6.65. The molecule has 0 aliphatic carbocycles. The number of hydrogen-bond donors (Lipinski definition) is 1. The predicted molar refractivity (Wildman–Crippen MR) is 44.0 cm³/mol. The van der Waals surface area contributed by atoms with Gasteiger partial charge < -0.3 is 11.0 Å².